The van der Waals surface area contributed by atoms with Crippen molar-refractivity contribution in [1.82, 2.24) is 5.43 Å². The average molecular weight is 289 g/mol. The monoisotopic (exact) mass is 288 g/mol. The van der Waals surface area contributed by atoms with E-state index in [0.717, 1.165) is 17.9 Å². The molecule has 0 bridgehead atoms. The van der Waals surface area contributed by atoms with Gasteiger partial charge in [-0.2, -0.15) is 0 Å². The van der Waals surface area contributed by atoms with Crippen LogP contribution in [-0.4, -0.2) is 6.04 Å². The van der Waals surface area contributed by atoms with Crippen LogP contribution in [-0.2, 0) is 12.8 Å². The average Bonchev–Trinajstić information content (AvgIpc) is 2.44. The molecule has 3 N–H and O–H groups in total. The molecule has 0 aliphatic rings. The van der Waals surface area contributed by atoms with E-state index in [4.69, 9.17) is 17.4 Å². The zero-order valence-corrected chi connectivity index (χ0v) is 12.7. The summed E-state index contributed by atoms with van der Waals surface area (Å²) in [5.74, 6) is 5.72. The van der Waals surface area contributed by atoms with E-state index in [-0.39, 0.29) is 6.04 Å². The number of hydrazine groups is 1. The minimum Gasteiger partial charge on any atom is -0.271 e. The summed E-state index contributed by atoms with van der Waals surface area (Å²) in [4.78, 5) is 0. The van der Waals surface area contributed by atoms with Crippen LogP contribution in [0.1, 0.15) is 22.3 Å². The summed E-state index contributed by atoms with van der Waals surface area (Å²) in [6.45, 7) is 4.30. The Morgan fingerprint density at radius 2 is 1.60 bits per heavy atom. The van der Waals surface area contributed by atoms with Crippen molar-refractivity contribution >= 4 is 11.6 Å². The Bertz CT molecular complexity index is 543. The molecular weight excluding hydrogens is 268 g/mol. The summed E-state index contributed by atoms with van der Waals surface area (Å²) in [5, 5.41) is 0.765. The Balaban J connectivity index is 2.11. The molecule has 0 saturated carbocycles. The molecule has 2 aromatic rings. The number of halogens is 1. The van der Waals surface area contributed by atoms with Crippen LogP contribution in [0.2, 0.25) is 5.02 Å². The number of benzene rings is 2. The predicted octanol–water partition coefficient (Wildman–Crippen LogP) is 3.57. The van der Waals surface area contributed by atoms with E-state index in [0.29, 0.717) is 0 Å². The second-order valence-electron chi connectivity index (χ2n) is 5.27. The van der Waals surface area contributed by atoms with Crippen molar-refractivity contribution in [2.24, 2.45) is 5.84 Å². The van der Waals surface area contributed by atoms with Crippen LogP contribution in [0.5, 0.6) is 0 Å². The normalized spacial score (nSPS) is 12.4. The Morgan fingerprint density at radius 3 is 2.15 bits per heavy atom. The summed E-state index contributed by atoms with van der Waals surface area (Å²) in [7, 11) is 0. The molecule has 106 valence electrons. The van der Waals surface area contributed by atoms with E-state index >= 15 is 0 Å². The highest BCUT2D eigenvalue weighted by Crippen LogP contribution is 2.17. The molecule has 1 unspecified atom stereocenters. The van der Waals surface area contributed by atoms with Crippen LogP contribution in [0.25, 0.3) is 0 Å². The second kappa shape index (κ2) is 6.89. The lowest BCUT2D eigenvalue weighted by Crippen LogP contribution is -2.38. The van der Waals surface area contributed by atoms with E-state index < -0.39 is 0 Å². The highest BCUT2D eigenvalue weighted by molar-refractivity contribution is 6.30. The van der Waals surface area contributed by atoms with Gasteiger partial charge in [0.25, 0.3) is 0 Å². The lowest BCUT2D eigenvalue weighted by molar-refractivity contribution is 0.520. The molecule has 0 fully saturated rings. The molecule has 0 aliphatic heterocycles. The quantitative estimate of drug-likeness (QED) is 0.652. The molecule has 0 amide bonds. The molecule has 20 heavy (non-hydrogen) atoms. The van der Waals surface area contributed by atoms with Crippen molar-refractivity contribution in [2.45, 2.75) is 32.7 Å². The van der Waals surface area contributed by atoms with Gasteiger partial charge >= 0.3 is 0 Å². The van der Waals surface area contributed by atoms with Crippen LogP contribution in [0.4, 0.5) is 0 Å². The van der Waals surface area contributed by atoms with E-state index in [1.54, 1.807) is 0 Å². The van der Waals surface area contributed by atoms with Gasteiger partial charge in [0, 0.05) is 11.1 Å². The Morgan fingerprint density at radius 1 is 1.00 bits per heavy atom. The third-order valence-electron chi connectivity index (χ3n) is 3.73. The third kappa shape index (κ3) is 3.83. The van der Waals surface area contributed by atoms with E-state index in [1.807, 2.05) is 12.1 Å². The molecule has 2 nitrogen and oxygen atoms in total. The fraction of sp³-hybridized carbons (Fsp3) is 0.294. The standard InChI is InChI=1S/C17H21ClN2/c1-12-4-3-5-13(2)17(12)11-16(20-19)10-14-6-8-15(18)9-7-14/h3-9,16,20H,10-11,19H2,1-2H3. The summed E-state index contributed by atoms with van der Waals surface area (Å²) < 4.78 is 0. The largest absolute Gasteiger partial charge is 0.271 e. The lowest BCUT2D eigenvalue weighted by atomic mass is 9.93. The lowest BCUT2D eigenvalue weighted by Gasteiger charge is -2.19. The predicted molar refractivity (Wildman–Crippen MR) is 85.9 cm³/mol. The number of hydrogen-bond donors (Lipinski definition) is 2. The van der Waals surface area contributed by atoms with Crippen LogP contribution in [0, 0.1) is 13.8 Å². The zero-order valence-electron chi connectivity index (χ0n) is 12.0. The highest BCUT2D eigenvalue weighted by Gasteiger charge is 2.12. The van der Waals surface area contributed by atoms with Crippen LogP contribution < -0.4 is 11.3 Å². The van der Waals surface area contributed by atoms with Gasteiger partial charge in [-0.05, 0) is 61.1 Å². The molecule has 2 rings (SSSR count). The Labute approximate surface area is 125 Å². The summed E-state index contributed by atoms with van der Waals surface area (Å²) in [6.07, 6.45) is 1.82. The Hall–Kier alpha value is -1.35. The van der Waals surface area contributed by atoms with Gasteiger partial charge in [0.1, 0.15) is 0 Å². The number of nitrogens with two attached hydrogens (primary N) is 1. The van der Waals surface area contributed by atoms with Crippen LogP contribution >= 0.6 is 11.6 Å². The van der Waals surface area contributed by atoms with Crippen molar-refractivity contribution in [1.29, 1.82) is 0 Å². The summed E-state index contributed by atoms with van der Waals surface area (Å²) >= 11 is 5.91. The fourth-order valence-corrected chi connectivity index (χ4v) is 2.64. The SMILES string of the molecule is Cc1cccc(C)c1CC(Cc1ccc(Cl)cc1)NN. The molecule has 0 spiro atoms. The van der Waals surface area contributed by atoms with Gasteiger partial charge in [-0.25, -0.2) is 0 Å². The topological polar surface area (TPSA) is 38.0 Å². The molecule has 0 aromatic heterocycles. The number of hydrogen-bond acceptors (Lipinski definition) is 2. The maximum atomic E-state index is 5.91. The van der Waals surface area contributed by atoms with Gasteiger partial charge in [0.05, 0.1) is 0 Å². The van der Waals surface area contributed by atoms with Gasteiger partial charge < -0.3 is 0 Å². The van der Waals surface area contributed by atoms with E-state index in [2.05, 4.69) is 49.6 Å². The van der Waals surface area contributed by atoms with E-state index in [1.165, 1.54) is 22.3 Å². The van der Waals surface area contributed by atoms with Gasteiger partial charge in [0.15, 0.2) is 0 Å². The first kappa shape index (κ1) is 15.0. The number of aryl methyl sites for hydroxylation is 2. The van der Waals surface area contributed by atoms with Gasteiger partial charge in [0.2, 0.25) is 0 Å². The van der Waals surface area contributed by atoms with Gasteiger partial charge in [-0.1, -0.05) is 41.9 Å². The number of rotatable bonds is 5. The van der Waals surface area contributed by atoms with Crippen molar-refractivity contribution in [2.75, 3.05) is 0 Å². The summed E-state index contributed by atoms with van der Waals surface area (Å²) in [5.41, 5.74) is 8.20. The molecule has 1 atom stereocenters. The maximum Gasteiger partial charge on any atom is 0.0406 e. The minimum absolute atomic E-state index is 0.218. The first-order valence-corrected chi connectivity index (χ1v) is 7.23. The molecule has 0 radical (unpaired) electrons. The van der Waals surface area contributed by atoms with Crippen molar-refractivity contribution in [3.05, 3.63) is 69.7 Å². The first-order chi connectivity index (χ1) is 9.60. The van der Waals surface area contributed by atoms with Gasteiger partial charge in [-0.15, -0.1) is 0 Å². The van der Waals surface area contributed by atoms with Crippen LogP contribution in [0.3, 0.4) is 0 Å². The van der Waals surface area contributed by atoms with E-state index in [9.17, 15) is 0 Å². The third-order valence-corrected chi connectivity index (χ3v) is 3.98. The van der Waals surface area contributed by atoms with Crippen molar-refractivity contribution < 1.29 is 0 Å². The molecule has 0 saturated heterocycles. The first-order valence-electron chi connectivity index (χ1n) is 6.86. The molecule has 0 heterocycles. The fourth-order valence-electron chi connectivity index (χ4n) is 2.51. The molecule has 3 heteroatoms. The zero-order chi connectivity index (χ0) is 14.5. The molecule has 2 aromatic carbocycles. The van der Waals surface area contributed by atoms with Gasteiger partial charge in [-0.3, -0.25) is 11.3 Å². The maximum absolute atomic E-state index is 5.91. The Kier molecular flexibility index (Phi) is 5.18. The molecular formula is C17H21ClN2. The van der Waals surface area contributed by atoms with Crippen molar-refractivity contribution in [3.8, 4) is 0 Å². The highest BCUT2D eigenvalue weighted by atomic mass is 35.5. The van der Waals surface area contributed by atoms with Crippen LogP contribution in [0.15, 0.2) is 42.5 Å². The second-order valence-corrected chi connectivity index (χ2v) is 5.71. The smallest absolute Gasteiger partial charge is 0.0406 e. The summed E-state index contributed by atoms with van der Waals surface area (Å²) in [6, 6.07) is 14.6. The number of nitrogens with one attached hydrogen (secondary N) is 1. The molecule has 0 aliphatic carbocycles. The van der Waals surface area contributed by atoms with Crippen molar-refractivity contribution in [3.63, 3.8) is 0 Å². The minimum atomic E-state index is 0.218.